The van der Waals surface area contributed by atoms with Gasteiger partial charge in [-0.15, -0.1) is 24.0 Å². The Bertz CT molecular complexity index is 562. The standard InChI is InChI=1S/C20H32N4O.HI/c1-16-13-23(14-17(2)25-16)15-19-8-6-18(7-9-19)12-22-20(21)24-10-4-3-5-11-24;/h6-9,16-17H,3-5,10-15H2,1-2H3,(H2,21,22);1H. The van der Waals surface area contributed by atoms with Gasteiger partial charge in [0.25, 0.3) is 0 Å². The lowest BCUT2D eigenvalue weighted by Gasteiger charge is -2.35. The van der Waals surface area contributed by atoms with E-state index in [1.54, 1.807) is 0 Å². The minimum atomic E-state index is 0. The van der Waals surface area contributed by atoms with Crippen LogP contribution in [0.25, 0.3) is 0 Å². The summed E-state index contributed by atoms with van der Waals surface area (Å²) in [5.41, 5.74) is 8.69. The Labute approximate surface area is 175 Å². The lowest BCUT2D eigenvalue weighted by atomic mass is 10.1. The second-order valence-electron chi connectivity index (χ2n) is 7.49. The van der Waals surface area contributed by atoms with Crippen molar-refractivity contribution in [3.8, 4) is 0 Å². The molecule has 146 valence electrons. The zero-order valence-corrected chi connectivity index (χ0v) is 18.4. The molecule has 5 nitrogen and oxygen atoms in total. The van der Waals surface area contributed by atoms with Gasteiger partial charge >= 0.3 is 0 Å². The predicted molar refractivity (Wildman–Crippen MR) is 118 cm³/mol. The van der Waals surface area contributed by atoms with Crippen molar-refractivity contribution in [3.63, 3.8) is 0 Å². The summed E-state index contributed by atoms with van der Waals surface area (Å²) in [6, 6.07) is 8.78. The van der Waals surface area contributed by atoms with E-state index in [0.717, 1.165) is 32.7 Å². The summed E-state index contributed by atoms with van der Waals surface area (Å²) >= 11 is 0. The number of piperidine rings is 1. The first-order valence-corrected chi connectivity index (χ1v) is 9.60. The molecule has 2 fully saturated rings. The molecule has 1 aromatic rings. The molecule has 0 aromatic heterocycles. The zero-order chi connectivity index (χ0) is 17.6. The Morgan fingerprint density at radius 3 is 2.23 bits per heavy atom. The summed E-state index contributed by atoms with van der Waals surface area (Å²) in [5, 5.41) is 0. The molecular weight excluding hydrogens is 439 g/mol. The van der Waals surface area contributed by atoms with Gasteiger partial charge in [0, 0.05) is 32.7 Å². The first-order valence-electron chi connectivity index (χ1n) is 9.60. The maximum Gasteiger partial charge on any atom is 0.191 e. The zero-order valence-electron chi connectivity index (χ0n) is 16.1. The second kappa shape index (κ2) is 10.5. The van der Waals surface area contributed by atoms with Gasteiger partial charge in [-0.3, -0.25) is 4.90 Å². The third-order valence-corrected chi connectivity index (χ3v) is 5.03. The molecular formula is C20H33IN4O. The number of benzene rings is 1. The normalized spacial score (nSPS) is 25.0. The van der Waals surface area contributed by atoms with Crippen molar-refractivity contribution in [3.05, 3.63) is 35.4 Å². The number of morpholine rings is 1. The molecule has 2 unspecified atom stereocenters. The van der Waals surface area contributed by atoms with Crippen LogP contribution in [-0.4, -0.2) is 54.1 Å². The average molecular weight is 472 g/mol. The Morgan fingerprint density at radius 1 is 1.04 bits per heavy atom. The summed E-state index contributed by atoms with van der Waals surface area (Å²) in [6.45, 7) is 10.0. The third-order valence-electron chi connectivity index (χ3n) is 5.03. The van der Waals surface area contributed by atoms with Crippen LogP contribution in [-0.2, 0) is 17.8 Å². The molecule has 0 amide bonds. The number of nitrogens with zero attached hydrogens (tertiary/aromatic N) is 3. The minimum Gasteiger partial charge on any atom is -0.373 e. The van der Waals surface area contributed by atoms with E-state index in [2.05, 4.69) is 52.9 Å². The number of rotatable bonds is 4. The lowest BCUT2D eigenvalue weighted by molar-refractivity contribution is -0.0704. The van der Waals surface area contributed by atoms with Crippen LogP contribution in [0.2, 0.25) is 0 Å². The highest BCUT2D eigenvalue weighted by Gasteiger charge is 2.21. The Morgan fingerprint density at radius 2 is 1.62 bits per heavy atom. The van der Waals surface area contributed by atoms with Crippen LogP contribution < -0.4 is 5.73 Å². The first kappa shape index (κ1) is 21.4. The predicted octanol–water partition coefficient (Wildman–Crippen LogP) is 3.21. The average Bonchev–Trinajstić information content (AvgIpc) is 2.61. The van der Waals surface area contributed by atoms with Gasteiger partial charge in [0.1, 0.15) is 0 Å². The van der Waals surface area contributed by atoms with Crippen molar-refractivity contribution in [2.75, 3.05) is 26.2 Å². The maximum atomic E-state index is 6.13. The summed E-state index contributed by atoms with van der Waals surface area (Å²) in [7, 11) is 0. The van der Waals surface area contributed by atoms with E-state index in [4.69, 9.17) is 10.5 Å². The van der Waals surface area contributed by atoms with Crippen LogP contribution >= 0.6 is 24.0 Å². The molecule has 2 atom stereocenters. The second-order valence-corrected chi connectivity index (χ2v) is 7.49. The number of hydrogen-bond donors (Lipinski definition) is 1. The largest absolute Gasteiger partial charge is 0.373 e. The first-order chi connectivity index (χ1) is 12.1. The van der Waals surface area contributed by atoms with Crippen LogP contribution in [0.3, 0.4) is 0 Å². The van der Waals surface area contributed by atoms with E-state index in [0.29, 0.717) is 24.7 Å². The maximum absolute atomic E-state index is 6.13. The quantitative estimate of drug-likeness (QED) is 0.416. The van der Waals surface area contributed by atoms with Crippen molar-refractivity contribution in [1.29, 1.82) is 0 Å². The fourth-order valence-corrected chi connectivity index (χ4v) is 3.82. The molecule has 0 saturated carbocycles. The van der Waals surface area contributed by atoms with Crippen molar-refractivity contribution in [2.24, 2.45) is 10.7 Å². The SMILES string of the molecule is CC1CN(Cc2ccc(CN=C(N)N3CCCCC3)cc2)CC(C)O1.I. The van der Waals surface area contributed by atoms with E-state index < -0.39 is 0 Å². The molecule has 1 aromatic carbocycles. The van der Waals surface area contributed by atoms with Crippen LogP contribution in [0.5, 0.6) is 0 Å². The number of guanidine groups is 1. The third kappa shape index (κ3) is 6.39. The van der Waals surface area contributed by atoms with Gasteiger partial charge in [0.05, 0.1) is 18.8 Å². The molecule has 2 aliphatic heterocycles. The molecule has 2 saturated heterocycles. The summed E-state index contributed by atoms with van der Waals surface area (Å²) in [4.78, 5) is 9.26. The minimum absolute atomic E-state index is 0. The molecule has 2 heterocycles. The van der Waals surface area contributed by atoms with E-state index in [1.807, 2.05) is 0 Å². The van der Waals surface area contributed by atoms with E-state index >= 15 is 0 Å². The number of hydrogen-bond acceptors (Lipinski definition) is 3. The van der Waals surface area contributed by atoms with Crippen LogP contribution in [0.4, 0.5) is 0 Å². The Balaban J connectivity index is 0.00000243. The van der Waals surface area contributed by atoms with Crippen LogP contribution in [0.1, 0.15) is 44.2 Å². The number of nitrogens with two attached hydrogens (primary N) is 1. The van der Waals surface area contributed by atoms with Crippen molar-refractivity contribution < 1.29 is 4.74 Å². The van der Waals surface area contributed by atoms with Crippen molar-refractivity contribution in [1.82, 2.24) is 9.80 Å². The monoisotopic (exact) mass is 472 g/mol. The van der Waals surface area contributed by atoms with Crippen molar-refractivity contribution in [2.45, 2.75) is 58.4 Å². The number of aliphatic imine (C=N–C) groups is 1. The molecule has 0 radical (unpaired) electrons. The smallest absolute Gasteiger partial charge is 0.191 e. The van der Waals surface area contributed by atoms with Gasteiger partial charge in [-0.1, -0.05) is 24.3 Å². The molecule has 0 aliphatic carbocycles. The van der Waals surface area contributed by atoms with Gasteiger partial charge < -0.3 is 15.4 Å². The summed E-state index contributed by atoms with van der Waals surface area (Å²) in [5.74, 6) is 0.695. The fraction of sp³-hybridized carbons (Fsp3) is 0.650. The molecule has 2 N–H and O–H groups in total. The van der Waals surface area contributed by atoms with Crippen molar-refractivity contribution >= 4 is 29.9 Å². The number of halogens is 1. The van der Waals surface area contributed by atoms with Gasteiger partial charge in [0.15, 0.2) is 5.96 Å². The summed E-state index contributed by atoms with van der Waals surface area (Å²) < 4.78 is 5.81. The highest BCUT2D eigenvalue weighted by atomic mass is 127. The molecule has 6 heteroatoms. The van der Waals surface area contributed by atoms with Gasteiger partial charge in [-0.2, -0.15) is 0 Å². The van der Waals surface area contributed by atoms with E-state index in [-0.39, 0.29) is 24.0 Å². The number of likely N-dealkylation sites (tertiary alicyclic amines) is 1. The Kier molecular flexibility index (Phi) is 8.63. The number of ether oxygens (including phenoxy) is 1. The van der Waals surface area contributed by atoms with Crippen LogP contribution in [0, 0.1) is 0 Å². The molecule has 0 bridgehead atoms. The highest BCUT2D eigenvalue weighted by Crippen LogP contribution is 2.15. The van der Waals surface area contributed by atoms with Crippen LogP contribution in [0.15, 0.2) is 29.3 Å². The molecule has 3 rings (SSSR count). The van der Waals surface area contributed by atoms with E-state index in [9.17, 15) is 0 Å². The van der Waals surface area contributed by atoms with E-state index in [1.165, 1.54) is 30.4 Å². The highest BCUT2D eigenvalue weighted by molar-refractivity contribution is 14.0. The molecule has 26 heavy (non-hydrogen) atoms. The Hall–Kier alpha value is -0.860. The summed E-state index contributed by atoms with van der Waals surface area (Å²) in [6.07, 6.45) is 4.39. The van der Waals surface area contributed by atoms with Gasteiger partial charge in [0.2, 0.25) is 0 Å². The molecule has 0 spiro atoms. The van der Waals surface area contributed by atoms with Gasteiger partial charge in [-0.05, 0) is 44.2 Å². The molecule has 2 aliphatic rings. The van der Waals surface area contributed by atoms with Gasteiger partial charge in [-0.25, -0.2) is 4.99 Å². The lowest BCUT2D eigenvalue weighted by Crippen LogP contribution is -2.44. The topological polar surface area (TPSA) is 54.1 Å². The fourth-order valence-electron chi connectivity index (χ4n) is 3.82.